The van der Waals surface area contributed by atoms with Crippen LogP contribution in [-0.2, 0) is 9.53 Å². The highest BCUT2D eigenvalue weighted by molar-refractivity contribution is 5.85. The van der Waals surface area contributed by atoms with Crippen molar-refractivity contribution in [2.75, 3.05) is 66.6 Å². The number of hydrogen-bond donors (Lipinski definition) is 2. The zero-order valence-corrected chi connectivity index (χ0v) is 15.9. The minimum atomic E-state index is 0. The van der Waals surface area contributed by atoms with Crippen LogP contribution in [0.1, 0.15) is 12.8 Å². The summed E-state index contributed by atoms with van der Waals surface area (Å²) in [6.45, 7) is 6.82. The number of likely N-dealkylation sites (N-methyl/N-ethyl adjacent to an activating group) is 2. The molecule has 0 radical (unpaired) electrons. The van der Waals surface area contributed by atoms with Gasteiger partial charge in [-0.15, -0.1) is 24.8 Å². The molecule has 2 rings (SSSR count). The van der Waals surface area contributed by atoms with E-state index in [1.165, 1.54) is 0 Å². The lowest BCUT2D eigenvalue weighted by Crippen LogP contribution is -2.46. The van der Waals surface area contributed by atoms with Gasteiger partial charge in [-0.1, -0.05) is 0 Å². The lowest BCUT2D eigenvalue weighted by molar-refractivity contribution is -0.122. The van der Waals surface area contributed by atoms with Crippen molar-refractivity contribution in [2.45, 2.75) is 18.9 Å². The van der Waals surface area contributed by atoms with Gasteiger partial charge in [0.2, 0.25) is 5.91 Å². The van der Waals surface area contributed by atoms with Crippen molar-refractivity contribution in [3.63, 3.8) is 0 Å². The molecule has 1 atom stereocenters. The third-order valence-electron chi connectivity index (χ3n) is 4.45. The van der Waals surface area contributed by atoms with E-state index in [0.29, 0.717) is 25.0 Å². The van der Waals surface area contributed by atoms with E-state index in [1.54, 1.807) is 0 Å². The number of carbonyl (C=O) groups is 1. The minimum absolute atomic E-state index is 0. The van der Waals surface area contributed by atoms with E-state index in [2.05, 4.69) is 34.5 Å². The molecule has 2 N–H and O–H groups in total. The SMILES string of the molecule is CN1CCOCC(CNC(=O)CN(C)C2CCNCC2)C1.Cl.Cl. The smallest absolute Gasteiger partial charge is 0.234 e. The van der Waals surface area contributed by atoms with Gasteiger partial charge in [-0.25, -0.2) is 0 Å². The quantitative estimate of drug-likeness (QED) is 0.724. The van der Waals surface area contributed by atoms with Gasteiger partial charge < -0.3 is 20.3 Å². The Kier molecular flexibility index (Phi) is 12.2. The summed E-state index contributed by atoms with van der Waals surface area (Å²) in [5.41, 5.74) is 0. The van der Waals surface area contributed by atoms with Crippen LogP contribution in [-0.4, -0.2) is 88.3 Å². The van der Waals surface area contributed by atoms with Crippen molar-refractivity contribution in [1.82, 2.24) is 20.4 Å². The van der Waals surface area contributed by atoms with Crippen LogP contribution in [0.5, 0.6) is 0 Å². The van der Waals surface area contributed by atoms with Crippen molar-refractivity contribution in [3.05, 3.63) is 0 Å². The van der Waals surface area contributed by atoms with Crippen LogP contribution in [0.2, 0.25) is 0 Å². The molecule has 2 heterocycles. The second-order valence-corrected chi connectivity index (χ2v) is 6.40. The highest BCUT2D eigenvalue weighted by atomic mass is 35.5. The molecular weight excluding hydrogens is 339 g/mol. The number of carbonyl (C=O) groups excluding carboxylic acids is 1. The fourth-order valence-corrected chi connectivity index (χ4v) is 3.10. The zero-order valence-electron chi connectivity index (χ0n) is 14.3. The summed E-state index contributed by atoms with van der Waals surface area (Å²) >= 11 is 0. The van der Waals surface area contributed by atoms with Gasteiger partial charge in [0.05, 0.1) is 19.8 Å². The van der Waals surface area contributed by atoms with Crippen molar-refractivity contribution < 1.29 is 9.53 Å². The van der Waals surface area contributed by atoms with E-state index in [9.17, 15) is 4.79 Å². The summed E-state index contributed by atoms with van der Waals surface area (Å²) in [5, 5.41) is 6.42. The third kappa shape index (κ3) is 8.52. The number of amides is 1. The fourth-order valence-electron chi connectivity index (χ4n) is 3.10. The van der Waals surface area contributed by atoms with Gasteiger partial charge in [0, 0.05) is 31.6 Å². The third-order valence-corrected chi connectivity index (χ3v) is 4.45. The molecule has 0 aromatic rings. The minimum Gasteiger partial charge on any atom is -0.380 e. The second kappa shape index (κ2) is 12.3. The first-order valence-corrected chi connectivity index (χ1v) is 8.09. The first-order chi connectivity index (χ1) is 10.1. The van der Waals surface area contributed by atoms with Gasteiger partial charge in [0.15, 0.2) is 0 Å². The zero-order chi connectivity index (χ0) is 15.1. The van der Waals surface area contributed by atoms with E-state index in [4.69, 9.17) is 4.74 Å². The summed E-state index contributed by atoms with van der Waals surface area (Å²) in [4.78, 5) is 16.5. The van der Waals surface area contributed by atoms with Gasteiger partial charge >= 0.3 is 0 Å². The first-order valence-electron chi connectivity index (χ1n) is 8.09. The van der Waals surface area contributed by atoms with E-state index >= 15 is 0 Å². The van der Waals surface area contributed by atoms with Crippen molar-refractivity contribution in [1.29, 1.82) is 0 Å². The molecule has 2 saturated heterocycles. The molecule has 0 aromatic carbocycles. The Morgan fingerprint density at radius 2 is 2.04 bits per heavy atom. The van der Waals surface area contributed by atoms with E-state index in [1.807, 2.05) is 0 Å². The number of nitrogens with one attached hydrogen (secondary N) is 2. The summed E-state index contributed by atoms with van der Waals surface area (Å²) in [7, 11) is 4.16. The van der Waals surface area contributed by atoms with Crippen molar-refractivity contribution >= 4 is 30.7 Å². The molecule has 8 heteroatoms. The van der Waals surface area contributed by atoms with Crippen LogP contribution >= 0.6 is 24.8 Å². The van der Waals surface area contributed by atoms with Crippen LogP contribution < -0.4 is 10.6 Å². The highest BCUT2D eigenvalue weighted by Gasteiger charge is 2.21. The van der Waals surface area contributed by atoms with Crippen LogP contribution in [0.15, 0.2) is 0 Å². The van der Waals surface area contributed by atoms with Gasteiger partial charge in [-0.3, -0.25) is 9.69 Å². The van der Waals surface area contributed by atoms with Crippen LogP contribution in [0.4, 0.5) is 0 Å². The number of rotatable bonds is 5. The average Bonchev–Trinajstić information content (AvgIpc) is 2.70. The molecule has 1 amide bonds. The molecule has 2 aliphatic rings. The Morgan fingerprint density at radius 1 is 1.35 bits per heavy atom. The van der Waals surface area contributed by atoms with E-state index in [0.717, 1.165) is 52.2 Å². The van der Waals surface area contributed by atoms with Crippen LogP contribution in [0.3, 0.4) is 0 Å². The molecule has 1 unspecified atom stereocenters. The lowest BCUT2D eigenvalue weighted by Gasteiger charge is -2.31. The predicted molar refractivity (Wildman–Crippen MR) is 97.8 cm³/mol. The summed E-state index contributed by atoms with van der Waals surface area (Å²) < 4.78 is 5.58. The summed E-state index contributed by atoms with van der Waals surface area (Å²) in [6, 6.07) is 0.532. The average molecular weight is 371 g/mol. The summed E-state index contributed by atoms with van der Waals surface area (Å²) in [5.74, 6) is 0.522. The number of halogens is 2. The Labute approximate surface area is 152 Å². The standard InChI is InChI=1S/C15H30N4O2.2ClH/c1-18-7-8-21-12-13(10-18)9-17-15(20)11-19(2)14-3-5-16-6-4-14;;/h13-14,16H,3-12H2,1-2H3,(H,17,20);2*1H. The number of hydrogen-bond acceptors (Lipinski definition) is 5. The van der Waals surface area contributed by atoms with Crippen molar-refractivity contribution in [3.8, 4) is 0 Å². The van der Waals surface area contributed by atoms with Gasteiger partial charge in [0.25, 0.3) is 0 Å². The van der Waals surface area contributed by atoms with Gasteiger partial charge in [0.1, 0.15) is 0 Å². The topological polar surface area (TPSA) is 56.8 Å². The Balaban J connectivity index is 0.00000242. The molecule has 2 aliphatic heterocycles. The number of piperidine rings is 1. The van der Waals surface area contributed by atoms with E-state index < -0.39 is 0 Å². The Hall–Kier alpha value is -0.110. The maximum Gasteiger partial charge on any atom is 0.234 e. The first kappa shape index (κ1) is 22.9. The van der Waals surface area contributed by atoms with Crippen LogP contribution in [0, 0.1) is 5.92 Å². The normalized spacial score (nSPS) is 23.5. The van der Waals surface area contributed by atoms with Gasteiger partial charge in [-0.2, -0.15) is 0 Å². The number of nitrogens with zero attached hydrogens (tertiary/aromatic N) is 2. The lowest BCUT2D eigenvalue weighted by atomic mass is 10.1. The molecule has 0 aromatic heterocycles. The summed E-state index contributed by atoms with van der Waals surface area (Å²) in [6.07, 6.45) is 2.26. The largest absolute Gasteiger partial charge is 0.380 e. The Bertz CT molecular complexity index is 331. The molecule has 0 aliphatic carbocycles. The molecule has 0 saturated carbocycles. The predicted octanol–water partition coefficient (Wildman–Crippen LogP) is 0.208. The monoisotopic (exact) mass is 370 g/mol. The second-order valence-electron chi connectivity index (χ2n) is 6.40. The Morgan fingerprint density at radius 3 is 2.74 bits per heavy atom. The molecule has 0 spiro atoms. The maximum absolute atomic E-state index is 12.1. The molecule has 138 valence electrons. The fraction of sp³-hybridized carbons (Fsp3) is 0.933. The van der Waals surface area contributed by atoms with Crippen molar-refractivity contribution in [2.24, 2.45) is 5.92 Å². The molecule has 0 bridgehead atoms. The number of ether oxygens (including phenoxy) is 1. The molecule has 2 fully saturated rings. The molecular formula is C15H32Cl2N4O2. The molecule has 6 nitrogen and oxygen atoms in total. The van der Waals surface area contributed by atoms with Gasteiger partial charge in [-0.05, 0) is 40.0 Å². The van der Waals surface area contributed by atoms with E-state index in [-0.39, 0.29) is 30.7 Å². The molecule has 23 heavy (non-hydrogen) atoms. The van der Waals surface area contributed by atoms with Crippen LogP contribution in [0.25, 0.3) is 0 Å². The maximum atomic E-state index is 12.1. The highest BCUT2D eigenvalue weighted by Crippen LogP contribution is 2.09.